The molecule has 0 bridgehead atoms. The maximum absolute atomic E-state index is 12.3. The van der Waals surface area contributed by atoms with Crippen LogP contribution in [0.3, 0.4) is 0 Å². The van der Waals surface area contributed by atoms with E-state index in [4.69, 9.17) is 11.6 Å². The van der Waals surface area contributed by atoms with E-state index in [1.807, 2.05) is 24.3 Å². The fourth-order valence-electron chi connectivity index (χ4n) is 2.82. The number of guanidine groups is 1. The number of hydrogen-bond acceptors (Lipinski definition) is 3. The molecule has 2 N–H and O–H groups in total. The summed E-state index contributed by atoms with van der Waals surface area (Å²) >= 11 is 6.03. The highest BCUT2D eigenvalue weighted by atomic mass is 35.5. The number of likely N-dealkylation sites (N-methyl/N-ethyl adjacent to an activating group) is 1. The Hall–Kier alpha value is -2.16. The number of carbonyl (C=O) groups excluding carboxylic acids is 1. The molecule has 10 heteroatoms. The number of halogens is 4. The quantitative estimate of drug-likeness (QED) is 0.582. The molecule has 1 unspecified atom stereocenters. The van der Waals surface area contributed by atoms with Crippen LogP contribution >= 0.6 is 11.6 Å². The van der Waals surface area contributed by atoms with Crippen molar-refractivity contribution in [2.75, 3.05) is 45.2 Å². The number of rotatable bonds is 5. The molecule has 0 saturated carbocycles. The maximum atomic E-state index is 12.3. The molecule has 0 spiro atoms. The summed E-state index contributed by atoms with van der Waals surface area (Å²) in [4.78, 5) is 18.7. The van der Waals surface area contributed by atoms with Crippen LogP contribution in [0.1, 0.15) is 6.42 Å². The average molecular weight is 406 g/mol. The molecule has 1 aromatic rings. The van der Waals surface area contributed by atoms with Crippen molar-refractivity contribution in [3.05, 3.63) is 29.3 Å². The van der Waals surface area contributed by atoms with Crippen molar-refractivity contribution in [2.24, 2.45) is 4.99 Å². The van der Waals surface area contributed by atoms with Crippen molar-refractivity contribution in [3.63, 3.8) is 0 Å². The van der Waals surface area contributed by atoms with Gasteiger partial charge in [-0.05, 0) is 24.6 Å². The van der Waals surface area contributed by atoms with Gasteiger partial charge in [0.1, 0.15) is 6.54 Å². The number of nitrogens with zero attached hydrogens (tertiary/aromatic N) is 3. The van der Waals surface area contributed by atoms with E-state index < -0.39 is 18.6 Å². The Morgan fingerprint density at radius 1 is 1.44 bits per heavy atom. The summed E-state index contributed by atoms with van der Waals surface area (Å²) in [6.45, 7) is 0.0129. The smallest absolute Gasteiger partial charge is 0.369 e. The van der Waals surface area contributed by atoms with Crippen molar-refractivity contribution in [2.45, 2.75) is 18.6 Å². The molecule has 1 heterocycles. The molecule has 27 heavy (non-hydrogen) atoms. The lowest BCUT2D eigenvalue weighted by atomic mass is 10.3. The Morgan fingerprint density at radius 2 is 2.19 bits per heavy atom. The monoisotopic (exact) mass is 405 g/mol. The van der Waals surface area contributed by atoms with Crippen LogP contribution in [0.5, 0.6) is 0 Å². The van der Waals surface area contributed by atoms with Gasteiger partial charge in [0.2, 0.25) is 5.91 Å². The van der Waals surface area contributed by atoms with Gasteiger partial charge >= 0.3 is 6.18 Å². The Morgan fingerprint density at radius 3 is 2.81 bits per heavy atom. The molecular weight excluding hydrogens is 383 g/mol. The lowest BCUT2D eigenvalue weighted by Gasteiger charge is -2.22. The van der Waals surface area contributed by atoms with E-state index in [1.165, 1.54) is 0 Å². The first-order valence-electron chi connectivity index (χ1n) is 8.46. The Bertz CT molecular complexity index is 683. The first-order chi connectivity index (χ1) is 12.7. The molecule has 2 rings (SSSR count). The molecule has 1 aromatic carbocycles. The minimum atomic E-state index is -4.42. The van der Waals surface area contributed by atoms with Gasteiger partial charge in [-0.2, -0.15) is 13.2 Å². The van der Waals surface area contributed by atoms with Gasteiger partial charge in [0.05, 0.1) is 6.54 Å². The number of hydrogen-bond donors (Lipinski definition) is 2. The Labute approximate surface area is 161 Å². The van der Waals surface area contributed by atoms with Gasteiger partial charge in [-0.1, -0.05) is 17.7 Å². The van der Waals surface area contributed by atoms with Crippen LogP contribution in [-0.2, 0) is 4.79 Å². The van der Waals surface area contributed by atoms with Crippen LogP contribution in [0.4, 0.5) is 18.9 Å². The van der Waals surface area contributed by atoms with E-state index in [1.54, 1.807) is 7.05 Å². The zero-order valence-electron chi connectivity index (χ0n) is 15.2. The van der Waals surface area contributed by atoms with Crippen molar-refractivity contribution >= 4 is 29.2 Å². The highest BCUT2D eigenvalue weighted by Gasteiger charge is 2.31. The molecular formula is C17H23ClF3N5O. The number of anilines is 1. The minimum Gasteiger partial charge on any atom is -0.369 e. The van der Waals surface area contributed by atoms with Crippen molar-refractivity contribution in [1.29, 1.82) is 0 Å². The number of alkyl halides is 3. The fraction of sp³-hybridized carbons (Fsp3) is 0.529. The summed E-state index contributed by atoms with van der Waals surface area (Å²) < 4.78 is 37.0. The second kappa shape index (κ2) is 9.16. The van der Waals surface area contributed by atoms with Gasteiger partial charge < -0.3 is 20.4 Å². The van der Waals surface area contributed by atoms with Gasteiger partial charge in [0, 0.05) is 43.9 Å². The van der Waals surface area contributed by atoms with E-state index in [0.717, 1.165) is 32.2 Å². The van der Waals surface area contributed by atoms with Gasteiger partial charge in [0.25, 0.3) is 0 Å². The number of nitrogens with one attached hydrogen (secondary N) is 2. The Balaban J connectivity index is 1.81. The van der Waals surface area contributed by atoms with E-state index in [0.29, 0.717) is 15.9 Å². The lowest BCUT2D eigenvalue weighted by molar-refractivity contribution is -0.157. The third-order valence-electron chi connectivity index (χ3n) is 4.18. The second-order valence-corrected chi connectivity index (χ2v) is 6.78. The summed E-state index contributed by atoms with van der Waals surface area (Å²) in [5.74, 6) is -0.288. The topological polar surface area (TPSA) is 60.0 Å². The first kappa shape index (κ1) is 21.1. The Kier molecular flexibility index (Phi) is 7.18. The van der Waals surface area contributed by atoms with E-state index in [9.17, 15) is 18.0 Å². The average Bonchev–Trinajstić information content (AvgIpc) is 3.05. The summed E-state index contributed by atoms with van der Waals surface area (Å²) in [6.07, 6.45) is -3.56. The van der Waals surface area contributed by atoms with Crippen LogP contribution in [0.2, 0.25) is 5.02 Å². The number of aliphatic imine (C=N–C) groups is 1. The summed E-state index contributed by atoms with van der Waals surface area (Å²) in [7, 11) is 2.66. The fourth-order valence-corrected chi connectivity index (χ4v) is 3.01. The number of amides is 1. The minimum absolute atomic E-state index is 0.0955. The molecule has 1 saturated heterocycles. The summed E-state index contributed by atoms with van der Waals surface area (Å²) in [5, 5.41) is 6.63. The zero-order valence-corrected chi connectivity index (χ0v) is 15.9. The molecule has 1 amide bonds. The second-order valence-electron chi connectivity index (χ2n) is 6.35. The van der Waals surface area contributed by atoms with Crippen LogP contribution in [-0.4, -0.2) is 69.3 Å². The molecule has 0 aromatic heterocycles. The van der Waals surface area contributed by atoms with Crippen molar-refractivity contribution in [1.82, 2.24) is 15.5 Å². The third kappa shape index (κ3) is 6.82. The van der Waals surface area contributed by atoms with Crippen LogP contribution in [0.15, 0.2) is 29.3 Å². The predicted octanol–water partition coefficient (Wildman–Crippen LogP) is 2.10. The van der Waals surface area contributed by atoms with Gasteiger partial charge in [0.15, 0.2) is 5.96 Å². The highest BCUT2D eigenvalue weighted by molar-refractivity contribution is 6.30. The molecule has 1 aliphatic heterocycles. The first-order valence-corrected chi connectivity index (χ1v) is 8.84. The normalized spacial score (nSPS) is 17.8. The van der Waals surface area contributed by atoms with Crippen molar-refractivity contribution in [3.8, 4) is 0 Å². The van der Waals surface area contributed by atoms with Gasteiger partial charge in [-0.15, -0.1) is 0 Å². The summed E-state index contributed by atoms with van der Waals surface area (Å²) in [5.41, 5.74) is 1.03. The molecule has 6 nitrogen and oxygen atoms in total. The third-order valence-corrected chi connectivity index (χ3v) is 4.41. The number of benzene rings is 1. The molecule has 0 radical (unpaired) electrons. The van der Waals surface area contributed by atoms with Crippen LogP contribution in [0.25, 0.3) is 0 Å². The van der Waals surface area contributed by atoms with Crippen LogP contribution < -0.4 is 15.5 Å². The van der Waals surface area contributed by atoms with Crippen molar-refractivity contribution < 1.29 is 18.0 Å². The molecule has 1 fully saturated rings. The standard InChI is InChI=1S/C17H23ClF3N5O/c1-22-16(23-9-15(27)25(2)11-17(19,20)21)24-13-6-7-26(10-13)14-5-3-4-12(18)8-14/h3-5,8,13H,6-7,9-11H2,1-2H3,(H2,22,23,24). The van der Waals surface area contributed by atoms with Crippen LogP contribution in [0, 0.1) is 0 Å². The SMILES string of the molecule is CN=C(NCC(=O)N(C)CC(F)(F)F)NC1CCN(c2cccc(Cl)c2)C1. The molecule has 1 atom stereocenters. The van der Waals surface area contributed by atoms with Gasteiger partial charge in [-0.25, -0.2) is 0 Å². The molecule has 150 valence electrons. The van der Waals surface area contributed by atoms with Gasteiger partial charge in [-0.3, -0.25) is 9.79 Å². The number of carbonyl (C=O) groups is 1. The van der Waals surface area contributed by atoms with E-state index in [-0.39, 0.29) is 12.6 Å². The zero-order chi connectivity index (χ0) is 20.0. The lowest BCUT2D eigenvalue weighted by Crippen LogP contribution is -2.48. The predicted molar refractivity (Wildman–Crippen MR) is 100 cm³/mol. The molecule has 1 aliphatic rings. The summed E-state index contributed by atoms with van der Waals surface area (Å²) in [6, 6.07) is 7.68. The maximum Gasteiger partial charge on any atom is 0.406 e. The van der Waals surface area contributed by atoms with E-state index in [2.05, 4.69) is 20.5 Å². The van der Waals surface area contributed by atoms with E-state index >= 15 is 0 Å². The molecule has 0 aliphatic carbocycles. The highest BCUT2D eigenvalue weighted by Crippen LogP contribution is 2.23. The largest absolute Gasteiger partial charge is 0.406 e.